The van der Waals surface area contributed by atoms with Crippen molar-refractivity contribution in [3.05, 3.63) is 76.8 Å². The molecule has 3 heterocycles. The van der Waals surface area contributed by atoms with Gasteiger partial charge in [-0.25, -0.2) is 4.98 Å². The van der Waals surface area contributed by atoms with Crippen molar-refractivity contribution >= 4 is 23.2 Å². The number of amides is 2. The topological polar surface area (TPSA) is 74.8 Å². The van der Waals surface area contributed by atoms with Gasteiger partial charge in [0.1, 0.15) is 5.69 Å². The first-order valence-corrected chi connectivity index (χ1v) is 13.1. The molecule has 1 N–H and O–H groups in total. The number of allylic oxidation sites excluding steroid dienone is 6. The number of likely N-dealkylation sites (N-methyl/N-ethyl adjacent to an activating group) is 1. The van der Waals surface area contributed by atoms with Gasteiger partial charge in [-0.05, 0) is 44.4 Å². The minimum atomic E-state index is -0.169. The van der Waals surface area contributed by atoms with Crippen molar-refractivity contribution in [3.8, 4) is 0 Å². The number of thiazole rings is 1. The Morgan fingerprint density at radius 1 is 1.34 bits per heavy atom. The second-order valence-electron chi connectivity index (χ2n) is 8.62. The van der Waals surface area contributed by atoms with E-state index >= 15 is 0 Å². The van der Waals surface area contributed by atoms with Gasteiger partial charge in [0.05, 0.1) is 17.0 Å². The molecule has 0 atom stereocenters. The summed E-state index contributed by atoms with van der Waals surface area (Å²) in [4.78, 5) is 33.6. The summed E-state index contributed by atoms with van der Waals surface area (Å²) in [5, 5.41) is 5.68. The zero-order valence-electron chi connectivity index (χ0n) is 20.7. The molecule has 0 aliphatic carbocycles. The summed E-state index contributed by atoms with van der Waals surface area (Å²) in [6.45, 7) is 8.86. The first-order valence-electron chi connectivity index (χ1n) is 12.2. The summed E-state index contributed by atoms with van der Waals surface area (Å²) >= 11 is 1.53. The van der Waals surface area contributed by atoms with Crippen LogP contribution in [-0.2, 0) is 9.53 Å². The molecule has 7 nitrogen and oxygen atoms in total. The number of hydrogen-bond acceptors (Lipinski definition) is 6. The van der Waals surface area contributed by atoms with Gasteiger partial charge in [-0.2, -0.15) is 0 Å². The quantitative estimate of drug-likeness (QED) is 0.447. The normalized spacial score (nSPS) is 16.4. The smallest absolute Gasteiger partial charge is 0.271 e. The molecule has 0 saturated carbocycles. The lowest BCUT2D eigenvalue weighted by molar-refractivity contribution is -0.132. The van der Waals surface area contributed by atoms with Crippen molar-refractivity contribution in [1.82, 2.24) is 20.1 Å². The molecule has 0 unspecified atom stereocenters. The van der Waals surface area contributed by atoms with Crippen LogP contribution in [0.1, 0.15) is 60.4 Å². The lowest BCUT2D eigenvalue weighted by Gasteiger charge is -2.31. The Morgan fingerprint density at radius 3 is 2.86 bits per heavy atom. The molecule has 1 fully saturated rings. The molecule has 0 radical (unpaired) electrons. The zero-order valence-corrected chi connectivity index (χ0v) is 21.6. The van der Waals surface area contributed by atoms with E-state index in [4.69, 9.17) is 4.74 Å². The van der Waals surface area contributed by atoms with E-state index in [1.807, 2.05) is 53.8 Å². The summed E-state index contributed by atoms with van der Waals surface area (Å²) in [5.41, 5.74) is 1.40. The maximum absolute atomic E-state index is 12.6. The highest BCUT2D eigenvalue weighted by Crippen LogP contribution is 2.30. The largest absolute Gasteiger partial charge is 0.470 e. The number of nitrogens with one attached hydrogen (secondary N) is 1. The van der Waals surface area contributed by atoms with Crippen LogP contribution in [0.5, 0.6) is 0 Å². The van der Waals surface area contributed by atoms with Crippen molar-refractivity contribution < 1.29 is 14.3 Å². The average molecular weight is 497 g/mol. The maximum atomic E-state index is 12.6. The molecule has 3 rings (SSSR count). The minimum absolute atomic E-state index is 0.169. The first-order chi connectivity index (χ1) is 17.0. The molecule has 2 aliphatic rings. The van der Waals surface area contributed by atoms with Crippen LogP contribution in [0.4, 0.5) is 0 Å². The van der Waals surface area contributed by atoms with Crippen LogP contribution in [0.25, 0.3) is 0 Å². The van der Waals surface area contributed by atoms with E-state index in [0.717, 1.165) is 55.4 Å². The van der Waals surface area contributed by atoms with E-state index in [2.05, 4.69) is 28.7 Å². The van der Waals surface area contributed by atoms with Gasteiger partial charge < -0.3 is 19.9 Å². The Labute approximate surface area is 212 Å². The molecule has 2 aliphatic heterocycles. The number of hydrogen-bond donors (Lipinski definition) is 1. The number of carbonyl (C=O) groups excluding carboxylic acids is 2. The van der Waals surface area contributed by atoms with Crippen LogP contribution < -0.4 is 5.32 Å². The van der Waals surface area contributed by atoms with Crippen LogP contribution in [0, 0.1) is 0 Å². The Balaban J connectivity index is 1.38. The third-order valence-corrected chi connectivity index (χ3v) is 7.22. The van der Waals surface area contributed by atoms with E-state index in [0.29, 0.717) is 31.0 Å². The van der Waals surface area contributed by atoms with Gasteiger partial charge in [0.15, 0.2) is 0 Å². The Bertz CT molecular complexity index is 1000. The second kappa shape index (κ2) is 13.7. The molecule has 8 heteroatoms. The standard InChI is InChI=1S/C27H36N4O3S/c1-4-30(3)21(2)10-6-5-8-16-28-26(33)24-20-35-27(29-24)22-14-17-31(18-15-22)25(32)13-12-23-11-7-9-19-34-23/h5-6,8-11,19-20,22H,2,4,7,12-18H2,1,3H3,(H,28,33)/b8-5-,10-6-. The molecule has 2 amide bonds. The van der Waals surface area contributed by atoms with Crippen molar-refractivity contribution in [2.75, 3.05) is 33.2 Å². The Kier molecular flexibility index (Phi) is 10.3. The molecule has 0 aromatic carbocycles. The number of ether oxygens (including phenoxy) is 1. The molecule has 1 aromatic rings. The molecule has 1 aromatic heterocycles. The van der Waals surface area contributed by atoms with E-state index in [-0.39, 0.29) is 11.8 Å². The van der Waals surface area contributed by atoms with Crippen LogP contribution >= 0.6 is 11.3 Å². The highest BCUT2D eigenvalue weighted by Gasteiger charge is 2.26. The van der Waals surface area contributed by atoms with Crippen LogP contribution in [-0.4, -0.2) is 59.8 Å². The third kappa shape index (κ3) is 8.24. The van der Waals surface area contributed by atoms with Crippen molar-refractivity contribution in [1.29, 1.82) is 0 Å². The number of nitrogens with zero attached hydrogens (tertiary/aromatic N) is 3. The highest BCUT2D eigenvalue weighted by atomic mass is 32.1. The molecule has 35 heavy (non-hydrogen) atoms. The highest BCUT2D eigenvalue weighted by molar-refractivity contribution is 7.09. The van der Waals surface area contributed by atoms with Crippen LogP contribution in [0.15, 0.2) is 66.1 Å². The van der Waals surface area contributed by atoms with E-state index in [1.54, 1.807) is 6.26 Å². The van der Waals surface area contributed by atoms with Crippen molar-refractivity contribution in [3.63, 3.8) is 0 Å². The number of likely N-dealkylation sites (tertiary alicyclic amines) is 1. The van der Waals surface area contributed by atoms with Gasteiger partial charge >= 0.3 is 0 Å². The number of rotatable bonds is 11. The SMILES string of the molecule is C=C(/C=C\C=C/CNC(=O)c1csc(C2CCN(C(=O)CCC3=CCC=CO3)CC2)n1)N(C)CC. The van der Waals surface area contributed by atoms with Crippen molar-refractivity contribution in [2.45, 2.75) is 44.9 Å². The van der Waals surface area contributed by atoms with Gasteiger partial charge in [0, 0.05) is 63.1 Å². The number of aromatic nitrogens is 1. The molecule has 1 saturated heterocycles. The van der Waals surface area contributed by atoms with E-state index < -0.39 is 0 Å². The minimum Gasteiger partial charge on any atom is -0.470 e. The fraction of sp³-hybridized carbons (Fsp3) is 0.444. The van der Waals surface area contributed by atoms with Gasteiger partial charge in [-0.15, -0.1) is 11.3 Å². The molecular formula is C27H36N4O3S. The van der Waals surface area contributed by atoms with Gasteiger partial charge in [-0.1, -0.05) is 24.8 Å². The van der Waals surface area contributed by atoms with Crippen LogP contribution in [0.3, 0.4) is 0 Å². The summed E-state index contributed by atoms with van der Waals surface area (Å²) in [7, 11) is 1.99. The lowest BCUT2D eigenvalue weighted by Crippen LogP contribution is -2.37. The average Bonchev–Trinajstić information content (AvgIpc) is 3.39. The molecule has 0 spiro atoms. The lowest BCUT2D eigenvalue weighted by atomic mass is 9.97. The Morgan fingerprint density at radius 2 is 2.14 bits per heavy atom. The third-order valence-electron chi connectivity index (χ3n) is 6.21. The Hall–Kier alpha value is -3.13. The summed E-state index contributed by atoms with van der Waals surface area (Å²) in [6.07, 6.45) is 17.0. The van der Waals surface area contributed by atoms with E-state index in [9.17, 15) is 9.59 Å². The van der Waals surface area contributed by atoms with Gasteiger partial charge in [0.25, 0.3) is 5.91 Å². The molecule has 0 bridgehead atoms. The number of piperidine rings is 1. The monoisotopic (exact) mass is 496 g/mol. The summed E-state index contributed by atoms with van der Waals surface area (Å²) in [6, 6.07) is 0. The predicted molar refractivity (Wildman–Crippen MR) is 141 cm³/mol. The van der Waals surface area contributed by atoms with Crippen LogP contribution in [0.2, 0.25) is 0 Å². The number of carbonyl (C=O) groups is 2. The zero-order chi connectivity index (χ0) is 25.0. The second-order valence-corrected chi connectivity index (χ2v) is 9.51. The fourth-order valence-electron chi connectivity index (χ4n) is 3.83. The fourth-order valence-corrected chi connectivity index (χ4v) is 4.80. The first kappa shape index (κ1) is 26.5. The maximum Gasteiger partial charge on any atom is 0.271 e. The summed E-state index contributed by atoms with van der Waals surface area (Å²) < 4.78 is 5.43. The van der Waals surface area contributed by atoms with Crippen molar-refractivity contribution in [2.24, 2.45) is 0 Å². The van der Waals surface area contributed by atoms with Gasteiger partial charge in [0.2, 0.25) is 5.91 Å². The summed E-state index contributed by atoms with van der Waals surface area (Å²) in [5.74, 6) is 1.17. The van der Waals surface area contributed by atoms with Gasteiger partial charge in [-0.3, -0.25) is 9.59 Å². The molecule has 188 valence electrons. The molecular weight excluding hydrogens is 460 g/mol. The van der Waals surface area contributed by atoms with E-state index in [1.165, 1.54) is 11.3 Å². The predicted octanol–water partition coefficient (Wildman–Crippen LogP) is 4.75.